The van der Waals surface area contributed by atoms with Crippen molar-refractivity contribution in [2.75, 3.05) is 0 Å². The van der Waals surface area contributed by atoms with Crippen LogP contribution in [0.3, 0.4) is 0 Å². The van der Waals surface area contributed by atoms with E-state index in [4.69, 9.17) is 32.8 Å². The van der Waals surface area contributed by atoms with Crippen LogP contribution in [0.4, 0.5) is 0 Å². The molecule has 0 unspecified atom stereocenters. The number of hydrogen-bond donors (Lipinski definition) is 0. The molecule has 0 aliphatic carbocycles. The van der Waals surface area contributed by atoms with Crippen molar-refractivity contribution in [2.45, 2.75) is 0 Å². The normalized spacial score (nSPS) is 7.45. The topological polar surface area (TPSA) is 146 Å². The summed E-state index contributed by atoms with van der Waals surface area (Å²) in [6.45, 7) is 0. The van der Waals surface area contributed by atoms with Gasteiger partial charge in [0, 0.05) is 10.4 Å². The second-order valence-corrected chi connectivity index (χ2v) is 1.45. The molecule has 11 heavy (non-hydrogen) atoms. The fourth-order valence-corrected chi connectivity index (χ4v) is 0. The van der Waals surface area contributed by atoms with Gasteiger partial charge < -0.3 is 24.4 Å². The number of nitrogens with zero attached hydrogens (tertiary/aromatic N) is 1. The van der Waals surface area contributed by atoms with E-state index in [1.165, 1.54) is 0 Å². The summed E-state index contributed by atoms with van der Waals surface area (Å²) in [5, 5.41) is 14.8. The zero-order valence-corrected chi connectivity index (χ0v) is 13.4. The Morgan fingerprint density at radius 2 is 1.09 bits per heavy atom. The van der Waals surface area contributed by atoms with E-state index in [9.17, 15) is 0 Å². The van der Waals surface area contributed by atoms with Gasteiger partial charge >= 0.3 is 68.4 Å². The van der Waals surface area contributed by atoms with Crippen LogP contribution in [-0.4, -0.2) is 71.5 Å². The average Bonchev–Trinajstić information content (AvgIpc) is 1.19. The van der Waals surface area contributed by atoms with E-state index < -0.39 is 15.5 Å². The molecule has 0 aromatic carbocycles. The van der Waals surface area contributed by atoms with Crippen LogP contribution in [0.1, 0.15) is 0 Å². The first-order chi connectivity index (χ1) is 3.73. The van der Waals surface area contributed by atoms with E-state index in [2.05, 4.69) is 0 Å². The summed E-state index contributed by atoms with van der Waals surface area (Å²) in [7, 11) is -5.17. The second kappa shape index (κ2) is 11.3. The minimum absolute atomic E-state index is 0. The summed E-state index contributed by atoms with van der Waals surface area (Å²) >= 11 is 0. The van der Waals surface area contributed by atoms with Crippen molar-refractivity contribution < 1.29 is 42.1 Å². The smallest absolute Gasteiger partial charge is 0.759 e. The zero-order valence-electron chi connectivity index (χ0n) is 5.13. The van der Waals surface area contributed by atoms with E-state index in [1.807, 2.05) is 0 Å². The fourth-order valence-electron chi connectivity index (χ4n) is 0. The van der Waals surface area contributed by atoms with Crippen molar-refractivity contribution in [1.82, 2.24) is 0 Å². The molecule has 11 heteroatoms. The molecule has 0 heterocycles. The van der Waals surface area contributed by atoms with Gasteiger partial charge in [0.1, 0.15) is 0 Å². The van der Waals surface area contributed by atoms with Crippen LogP contribution in [-0.2, 0) is 29.9 Å². The van der Waals surface area contributed by atoms with Crippen molar-refractivity contribution in [1.29, 1.82) is 0 Å². The van der Waals surface area contributed by atoms with Crippen LogP contribution < -0.4 is 0 Å². The van der Waals surface area contributed by atoms with Crippen LogP contribution in [0.15, 0.2) is 0 Å². The van der Waals surface area contributed by atoms with E-state index in [0.717, 1.165) is 0 Å². The van der Waals surface area contributed by atoms with Crippen molar-refractivity contribution in [2.24, 2.45) is 0 Å². The third kappa shape index (κ3) is 604. The van der Waals surface area contributed by atoms with E-state index >= 15 is 0 Å². The SMILES string of the molecule is O=S(=O)([O-])[O-].O=[N+]([O-])[O-].[Ba+2].[Zn+2]. The molecule has 0 saturated heterocycles. The molecule has 0 aromatic rings. The minimum Gasteiger partial charge on any atom is -0.759 e. The van der Waals surface area contributed by atoms with Crippen molar-refractivity contribution in [3.63, 3.8) is 0 Å². The predicted molar refractivity (Wildman–Crippen MR) is 26.6 cm³/mol. The van der Waals surface area contributed by atoms with Gasteiger partial charge in [-0.1, -0.05) is 0 Å². The molecule has 0 rings (SSSR count). The molecule has 0 aliphatic heterocycles. The van der Waals surface area contributed by atoms with Crippen LogP contribution in [0.2, 0.25) is 0 Å². The first kappa shape index (κ1) is 22.8. The minimum atomic E-state index is -5.17. The van der Waals surface area contributed by atoms with Crippen LogP contribution >= 0.6 is 0 Å². The van der Waals surface area contributed by atoms with E-state index in [0.29, 0.717) is 0 Å². The molecule has 0 bridgehead atoms. The van der Waals surface area contributed by atoms with Gasteiger partial charge in [0.2, 0.25) is 0 Å². The van der Waals surface area contributed by atoms with Gasteiger partial charge in [-0.25, -0.2) is 0 Å². The van der Waals surface area contributed by atoms with Gasteiger partial charge in [-0.2, -0.15) is 0 Å². The van der Waals surface area contributed by atoms with Crippen LogP contribution in [0.5, 0.6) is 0 Å². The molecule has 0 fully saturated rings. The summed E-state index contributed by atoms with van der Waals surface area (Å²) < 4.78 is 34.1. The standard InChI is InChI=1S/Ba.NO3.H2O4S.Zn/c;2-1(3)4;1-5(2,3)4;/h;;(H2,1,2,3,4);/q+2;-1;;+2/p-2. The molecular formula is BaNO7SZn+. The molecule has 0 radical (unpaired) electrons. The van der Waals surface area contributed by atoms with Gasteiger partial charge in [-0.3, -0.25) is 8.42 Å². The first-order valence-corrected chi connectivity index (χ1v) is 2.55. The maximum atomic E-state index is 8.52. The van der Waals surface area contributed by atoms with Crippen molar-refractivity contribution >= 4 is 59.3 Å². The quantitative estimate of drug-likeness (QED) is 0.160. The van der Waals surface area contributed by atoms with Gasteiger partial charge in [-0.15, -0.1) is 0 Å². The average molecular weight is 361 g/mol. The number of hydrogen-bond acceptors (Lipinski definition) is 7. The molecule has 0 saturated carbocycles. The van der Waals surface area contributed by atoms with E-state index in [1.54, 1.807) is 0 Å². The molecule has 0 amide bonds. The zero-order chi connectivity index (χ0) is 8.08. The summed E-state index contributed by atoms with van der Waals surface area (Å²) in [5.41, 5.74) is 0. The Morgan fingerprint density at radius 3 is 1.09 bits per heavy atom. The third-order valence-electron chi connectivity index (χ3n) is 0. The van der Waals surface area contributed by atoms with E-state index in [-0.39, 0.29) is 68.4 Å². The molecule has 0 aliphatic rings. The fraction of sp³-hybridized carbons (Fsp3) is 0. The molecule has 0 atom stereocenters. The Morgan fingerprint density at radius 1 is 1.09 bits per heavy atom. The summed E-state index contributed by atoms with van der Waals surface area (Å²) in [5.74, 6) is 0. The summed E-state index contributed by atoms with van der Waals surface area (Å²) in [6.07, 6.45) is 0. The van der Waals surface area contributed by atoms with Crippen LogP contribution in [0, 0.1) is 15.3 Å². The summed E-state index contributed by atoms with van der Waals surface area (Å²) in [6, 6.07) is 0. The molecule has 0 aromatic heterocycles. The largest absolute Gasteiger partial charge is 2.00 e. The molecule has 56 valence electrons. The second-order valence-electron chi connectivity index (χ2n) is 0.632. The predicted octanol–water partition coefficient (Wildman–Crippen LogP) is -1.96. The molecule has 0 N–H and O–H groups in total. The Hall–Kier alpha value is 1.26. The Kier molecular flexibility index (Phi) is 23.3. The van der Waals surface area contributed by atoms with Gasteiger partial charge in [0.15, 0.2) is 0 Å². The maximum Gasteiger partial charge on any atom is 2.00 e. The Bertz CT molecular complexity index is 161. The van der Waals surface area contributed by atoms with Gasteiger partial charge in [0.05, 0.1) is 5.09 Å². The molecular weight excluding hydrogens is 361 g/mol. The molecule has 8 nitrogen and oxygen atoms in total. The maximum absolute atomic E-state index is 8.52. The van der Waals surface area contributed by atoms with Gasteiger partial charge in [0.25, 0.3) is 0 Å². The first-order valence-electron chi connectivity index (χ1n) is 1.21. The Balaban J connectivity index is -0.0000000383. The third-order valence-corrected chi connectivity index (χ3v) is 0. The monoisotopic (exact) mass is 360 g/mol. The van der Waals surface area contributed by atoms with Crippen LogP contribution in [0.25, 0.3) is 0 Å². The molecule has 0 spiro atoms. The summed E-state index contributed by atoms with van der Waals surface area (Å²) in [4.78, 5) is 8.25. The number of rotatable bonds is 0. The van der Waals surface area contributed by atoms with Gasteiger partial charge in [-0.05, 0) is 0 Å². The van der Waals surface area contributed by atoms with Crippen molar-refractivity contribution in [3.05, 3.63) is 15.3 Å². The van der Waals surface area contributed by atoms with Crippen molar-refractivity contribution in [3.8, 4) is 0 Å². The Labute approximate surface area is 115 Å².